The molecule has 10 rings (SSSR count). The first-order valence-electron chi connectivity index (χ1n) is 19.5. The van der Waals surface area contributed by atoms with Crippen LogP contribution in [0.3, 0.4) is 0 Å². The number of para-hydroxylation sites is 2. The number of nitrogens with zero attached hydrogens (tertiary/aromatic N) is 7. The lowest BCUT2D eigenvalue weighted by molar-refractivity contribution is -0.138. The van der Waals surface area contributed by atoms with Crippen molar-refractivity contribution in [2.75, 3.05) is 10.6 Å². The summed E-state index contributed by atoms with van der Waals surface area (Å²) in [4.78, 5) is 38.5. The van der Waals surface area contributed by atoms with E-state index in [9.17, 15) is 31.1 Å². The molecule has 0 aliphatic carbocycles. The van der Waals surface area contributed by atoms with Crippen LogP contribution in [-0.2, 0) is 45.1 Å². The highest BCUT2D eigenvalue weighted by Gasteiger charge is 2.32. The summed E-state index contributed by atoms with van der Waals surface area (Å²) in [5.41, 5.74) is 6.90. The first kappa shape index (κ1) is 42.3. The molecule has 6 heterocycles. The van der Waals surface area contributed by atoms with Gasteiger partial charge in [0.1, 0.15) is 30.6 Å². The summed E-state index contributed by atoms with van der Waals surface area (Å²) < 4.78 is 75.0. The summed E-state index contributed by atoms with van der Waals surface area (Å²) in [6.07, 6.45) is -1.65. The molecule has 0 spiro atoms. The highest BCUT2D eigenvalue weighted by atomic mass is 19.4. The summed E-state index contributed by atoms with van der Waals surface area (Å²) in [5.74, 6) is 1.55. The van der Waals surface area contributed by atoms with Gasteiger partial charge in [-0.3, -0.25) is 19.7 Å². The molecule has 0 atom stereocenters. The number of benzene rings is 4. The molecule has 318 valence electrons. The molecule has 4 aromatic heterocycles. The summed E-state index contributed by atoms with van der Waals surface area (Å²) in [6.45, 7) is 3.12. The Hall–Kier alpha value is -7.37. The Balaban J connectivity index is 0.000000145. The minimum atomic E-state index is -4.38. The van der Waals surface area contributed by atoms with Crippen LogP contribution in [0.4, 0.5) is 49.4 Å². The van der Waals surface area contributed by atoms with E-state index in [1.807, 2.05) is 54.7 Å². The average molecular weight is 859 g/mol. The molecule has 0 bridgehead atoms. The van der Waals surface area contributed by atoms with Gasteiger partial charge in [-0.1, -0.05) is 66.7 Å². The molecule has 2 aliphatic heterocycles. The number of carbonyl (C=O) groups excluding carboxylic acids is 1. The number of halogens is 6. The molecule has 0 fully saturated rings. The zero-order valence-electron chi connectivity index (χ0n) is 33.1. The molecule has 2 aliphatic rings. The maximum absolute atomic E-state index is 13.0. The molecule has 0 radical (unpaired) electrons. The van der Waals surface area contributed by atoms with Crippen LogP contribution >= 0.6 is 0 Å². The second-order valence-corrected chi connectivity index (χ2v) is 14.6. The maximum Gasteiger partial charge on any atom is 0.416 e. The zero-order chi connectivity index (χ0) is 44.0. The van der Waals surface area contributed by atoms with Crippen molar-refractivity contribution in [3.63, 3.8) is 0 Å². The van der Waals surface area contributed by atoms with E-state index in [1.165, 1.54) is 30.6 Å². The molecule has 63 heavy (non-hydrogen) atoms. The highest BCUT2D eigenvalue weighted by molar-refractivity contribution is 5.83. The number of pyridine rings is 2. The summed E-state index contributed by atoms with van der Waals surface area (Å²) in [7, 11) is 0. The lowest BCUT2D eigenvalue weighted by Crippen LogP contribution is -2.16. The SMILES string of the molecule is FC(F)(F)c1cccc(CN2Cc3ncnc(Nc4cnc5ccccc5c4)c3C2)c1.O=Cc1cccc(C(F)(F)F)c1.c1ccc2ncc(Nc3ncnc4c3CNC4)cc2c1. The van der Waals surface area contributed by atoms with Crippen molar-refractivity contribution in [1.29, 1.82) is 0 Å². The van der Waals surface area contributed by atoms with Crippen LogP contribution in [0, 0.1) is 0 Å². The fraction of sp³-hybridized carbons (Fsp3) is 0.152. The Labute approximate surface area is 356 Å². The first-order chi connectivity index (χ1) is 30.4. The number of rotatable bonds is 7. The minimum absolute atomic E-state index is 0.0322. The van der Waals surface area contributed by atoms with Gasteiger partial charge in [0.25, 0.3) is 0 Å². The van der Waals surface area contributed by atoms with Gasteiger partial charge in [0, 0.05) is 60.2 Å². The molecule has 17 heteroatoms. The molecule has 11 nitrogen and oxygen atoms in total. The Bertz CT molecular complexity index is 2910. The van der Waals surface area contributed by atoms with Crippen molar-refractivity contribution in [3.8, 4) is 0 Å². The van der Waals surface area contributed by atoms with Crippen LogP contribution in [0.1, 0.15) is 49.6 Å². The fourth-order valence-electron chi connectivity index (χ4n) is 7.11. The second-order valence-electron chi connectivity index (χ2n) is 14.6. The average Bonchev–Trinajstić information content (AvgIpc) is 3.95. The molecule has 0 amide bonds. The van der Waals surface area contributed by atoms with Gasteiger partial charge in [0.05, 0.1) is 57.3 Å². The molecular formula is C46H36F6N10O. The van der Waals surface area contributed by atoms with Crippen molar-refractivity contribution in [1.82, 2.24) is 40.1 Å². The van der Waals surface area contributed by atoms with Crippen LogP contribution in [0.2, 0.25) is 0 Å². The van der Waals surface area contributed by atoms with Crippen LogP contribution in [0.25, 0.3) is 21.8 Å². The lowest BCUT2D eigenvalue weighted by atomic mass is 10.1. The number of carbonyl (C=O) groups is 1. The van der Waals surface area contributed by atoms with E-state index in [4.69, 9.17) is 0 Å². The van der Waals surface area contributed by atoms with Gasteiger partial charge in [0.15, 0.2) is 0 Å². The minimum Gasteiger partial charge on any atom is -0.339 e. The second kappa shape index (κ2) is 18.3. The number of anilines is 4. The predicted octanol–water partition coefficient (Wildman–Crippen LogP) is 10.2. The summed E-state index contributed by atoms with van der Waals surface area (Å²) >= 11 is 0. The van der Waals surface area contributed by atoms with Crippen LogP contribution < -0.4 is 16.0 Å². The van der Waals surface area contributed by atoms with E-state index in [0.29, 0.717) is 37.3 Å². The lowest BCUT2D eigenvalue weighted by Gasteiger charge is -2.16. The van der Waals surface area contributed by atoms with Crippen molar-refractivity contribution in [2.45, 2.75) is 45.1 Å². The number of hydrogen-bond donors (Lipinski definition) is 3. The summed E-state index contributed by atoms with van der Waals surface area (Å²) in [6, 6.07) is 29.7. The highest BCUT2D eigenvalue weighted by Crippen LogP contribution is 2.33. The van der Waals surface area contributed by atoms with Gasteiger partial charge in [-0.2, -0.15) is 26.3 Å². The van der Waals surface area contributed by atoms with E-state index in [2.05, 4.69) is 62.9 Å². The normalized spacial score (nSPS) is 13.3. The van der Waals surface area contributed by atoms with E-state index >= 15 is 0 Å². The van der Waals surface area contributed by atoms with Crippen molar-refractivity contribution in [3.05, 3.63) is 179 Å². The smallest absolute Gasteiger partial charge is 0.339 e. The summed E-state index contributed by atoms with van der Waals surface area (Å²) in [5, 5.41) is 12.1. The van der Waals surface area contributed by atoms with Gasteiger partial charge in [-0.25, -0.2) is 19.9 Å². The topological polar surface area (TPSA) is 134 Å². The number of hydrogen-bond acceptors (Lipinski definition) is 11. The van der Waals surface area contributed by atoms with Gasteiger partial charge in [-0.15, -0.1) is 0 Å². The molecule has 3 N–H and O–H groups in total. The standard InChI is InChI=1S/C23H18F3N5.C15H13N5.C8H5F3O/c24-23(25,26)17-6-3-4-15(8-17)11-31-12-19-21(13-31)28-14-29-22(19)30-18-9-16-5-1-2-7-20(16)27-10-18;1-2-4-13-10(3-1)5-11(6-17-13)20-15-12-7-16-8-14(12)18-9-19-15;9-8(10,11)7-3-1-2-6(4-7)5-12/h1-10,14H,11-13H2,(H,28,29,30);1-6,9,16H,7-8H2,(H,18,19,20);1-5H. The Morgan fingerprint density at radius 2 is 1.16 bits per heavy atom. The predicted molar refractivity (Wildman–Crippen MR) is 226 cm³/mol. The van der Waals surface area contributed by atoms with E-state index < -0.39 is 23.5 Å². The Kier molecular flexibility index (Phi) is 12.3. The van der Waals surface area contributed by atoms with E-state index in [1.54, 1.807) is 18.6 Å². The van der Waals surface area contributed by atoms with Crippen molar-refractivity contribution < 1.29 is 31.1 Å². The quantitative estimate of drug-likeness (QED) is 0.104. The van der Waals surface area contributed by atoms with E-state index in [0.717, 1.165) is 92.8 Å². The molecule has 0 saturated heterocycles. The molecular weight excluding hydrogens is 823 g/mol. The molecule has 8 aromatic rings. The Morgan fingerprint density at radius 3 is 1.78 bits per heavy atom. The molecule has 4 aromatic carbocycles. The largest absolute Gasteiger partial charge is 0.416 e. The number of aromatic nitrogens is 6. The monoisotopic (exact) mass is 858 g/mol. The third kappa shape index (κ3) is 10.4. The molecule has 0 unspecified atom stereocenters. The van der Waals surface area contributed by atoms with Crippen LogP contribution in [-0.4, -0.2) is 41.1 Å². The molecule has 0 saturated carbocycles. The van der Waals surface area contributed by atoms with Gasteiger partial charge in [0.2, 0.25) is 0 Å². The third-order valence-electron chi connectivity index (χ3n) is 10.1. The number of fused-ring (bicyclic) bond motifs is 4. The first-order valence-corrected chi connectivity index (χ1v) is 19.5. The Morgan fingerprint density at radius 1 is 0.587 bits per heavy atom. The van der Waals surface area contributed by atoms with Crippen molar-refractivity contribution in [2.24, 2.45) is 0 Å². The van der Waals surface area contributed by atoms with Gasteiger partial charge < -0.3 is 16.0 Å². The van der Waals surface area contributed by atoms with E-state index in [-0.39, 0.29) is 5.56 Å². The van der Waals surface area contributed by atoms with Crippen molar-refractivity contribution >= 4 is 51.1 Å². The number of alkyl halides is 6. The third-order valence-corrected chi connectivity index (χ3v) is 10.1. The van der Waals surface area contributed by atoms with Gasteiger partial charge >= 0.3 is 12.4 Å². The number of aldehydes is 1. The zero-order valence-corrected chi connectivity index (χ0v) is 33.1. The van der Waals surface area contributed by atoms with Crippen LogP contribution in [0.15, 0.2) is 134 Å². The van der Waals surface area contributed by atoms with Crippen LogP contribution in [0.5, 0.6) is 0 Å². The van der Waals surface area contributed by atoms with Gasteiger partial charge in [-0.05, 0) is 48.0 Å². The number of nitrogens with one attached hydrogen (secondary N) is 3. The maximum atomic E-state index is 13.0. The fourth-order valence-corrected chi connectivity index (χ4v) is 7.11.